The SMILES string of the molecule is CC1CCN(C(=O)Cn2cnc3ccc([N+](=O)[O-])cc3c2=O)CC1. The summed E-state index contributed by atoms with van der Waals surface area (Å²) < 4.78 is 1.21. The molecule has 1 saturated heterocycles. The quantitative estimate of drug-likeness (QED) is 0.628. The number of non-ortho nitro benzene ring substituents is 1. The maximum absolute atomic E-state index is 12.5. The first kappa shape index (κ1) is 16.1. The Bertz CT molecular complexity index is 853. The van der Waals surface area contributed by atoms with E-state index in [1.165, 1.54) is 29.1 Å². The van der Waals surface area contributed by atoms with Crippen LogP contribution in [0.3, 0.4) is 0 Å². The Morgan fingerprint density at radius 3 is 2.75 bits per heavy atom. The minimum Gasteiger partial charge on any atom is -0.341 e. The minimum atomic E-state index is -0.559. The molecule has 24 heavy (non-hydrogen) atoms. The van der Waals surface area contributed by atoms with E-state index in [1.54, 1.807) is 4.90 Å². The summed E-state index contributed by atoms with van der Waals surface area (Å²) in [6, 6.07) is 3.94. The van der Waals surface area contributed by atoms with Crippen LogP contribution in [0.15, 0.2) is 29.3 Å². The first-order valence-corrected chi connectivity index (χ1v) is 7.87. The summed E-state index contributed by atoms with van der Waals surface area (Å²) in [4.78, 5) is 41.1. The number of carbonyl (C=O) groups is 1. The molecule has 1 aliphatic heterocycles. The van der Waals surface area contributed by atoms with Crippen LogP contribution in [0.2, 0.25) is 0 Å². The van der Waals surface area contributed by atoms with Crippen LogP contribution in [0.5, 0.6) is 0 Å². The van der Waals surface area contributed by atoms with Crippen molar-refractivity contribution in [3.63, 3.8) is 0 Å². The second-order valence-electron chi connectivity index (χ2n) is 6.20. The van der Waals surface area contributed by atoms with E-state index in [1.807, 2.05) is 0 Å². The van der Waals surface area contributed by atoms with Crippen LogP contribution in [0.25, 0.3) is 10.9 Å². The van der Waals surface area contributed by atoms with Gasteiger partial charge < -0.3 is 4.90 Å². The summed E-state index contributed by atoms with van der Waals surface area (Å²) in [7, 11) is 0. The van der Waals surface area contributed by atoms with Gasteiger partial charge >= 0.3 is 0 Å². The second-order valence-corrected chi connectivity index (χ2v) is 6.20. The van der Waals surface area contributed by atoms with Crippen LogP contribution in [0.1, 0.15) is 19.8 Å². The zero-order valence-electron chi connectivity index (χ0n) is 13.3. The number of benzene rings is 1. The van der Waals surface area contributed by atoms with Crippen molar-refractivity contribution in [2.75, 3.05) is 13.1 Å². The fourth-order valence-electron chi connectivity index (χ4n) is 2.88. The number of amides is 1. The Labute approximate surface area is 137 Å². The third-order valence-electron chi connectivity index (χ3n) is 4.46. The van der Waals surface area contributed by atoms with Crippen LogP contribution < -0.4 is 5.56 Å². The highest BCUT2D eigenvalue weighted by Gasteiger charge is 2.21. The highest BCUT2D eigenvalue weighted by molar-refractivity contribution is 5.81. The van der Waals surface area contributed by atoms with Gasteiger partial charge in [-0.05, 0) is 24.8 Å². The van der Waals surface area contributed by atoms with Crippen molar-refractivity contribution in [1.29, 1.82) is 0 Å². The maximum Gasteiger partial charge on any atom is 0.270 e. The lowest BCUT2D eigenvalue weighted by Gasteiger charge is -2.30. The summed E-state index contributed by atoms with van der Waals surface area (Å²) >= 11 is 0. The Balaban J connectivity index is 1.87. The van der Waals surface area contributed by atoms with Gasteiger partial charge in [0.05, 0.1) is 22.2 Å². The van der Waals surface area contributed by atoms with Crippen LogP contribution in [0, 0.1) is 16.0 Å². The van der Waals surface area contributed by atoms with Crippen LogP contribution >= 0.6 is 0 Å². The van der Waals surface area contributed by atoms with Gasteiger partial charge in [-0.25, -0.2) is 4.98 Å². The standard InChI is InChI=1S/C16H18N4O4/c1-11-4-6-18(7-5-11)15(21)9-19-10-17-14-3-2-12(20(23)24)8-13(14)16(19)22/h2-3,8,10-11H,4-7,9H2,1H3. The van der Waals surface area contributed by atoms with Gasteiger partial charge in [-0.1, -0.05) is 6.92 Å². The van der Waals surface area contributed by atoms with Crippen LogP contribution in [0.4, 0.5) is 5.69 Å². The monoisotopic (exact) mass is 330 g/mol. The minimum absolute atomic E-state index is 0.0984. The topological polar surface area (TPSA) is 98.3 Å². The van der Waals surface area contributed by atoms with E-state index < -0.39 is 10.5 Å². The van der Waals surface area contributed by atoms with E-state index in [0.717, 1.165) is 12.8 Å². The molecule has 1 aliphatic rings. The van der Waals surface area contributed by atoms with Crippen molar-refractivity contribution >= 4 is 22.5 Å². The van der Waals surface area contributed by atoms with Crippen molar-refractivity contribution in [3.8, 4) is 0 Å². The molecule has 1 aromatic heterocycles. The summed E-state index contributed by atoms with van der Waals surface area (Å²) in [5, 5.41) is 11.0. The molecule has 0 aliphatic carbocycles. The Kier molecular flexibility index (Phi) is 4.28. The van der Waals surface area contributed by atoms with Crippen molar-refractivity contribution in [2.45, 2.75) is 26.3 Å². The molecule has 8 heteroatoms. The van der Waals surface area contributed by atoms with Gasteiger partial charge in [0.25, 0.3) is 11.2 Å². The van der Waals surface area contributed by atoms with E-state index in [-0.39, 0.29) is 23.5 Å². The Hall–Kier alpha value is -2.77. The third-order valence-corrected chi connectivity index (χ3v) is 4.46. The third kappa shape index (κ3) is 3.12. The normalized spacial score (nSPS) is 15.6. The molecule has 1 amide bonds. The van der Waals surface area contributed by atoms with E-state index in [2.05, 4.69) is 11.9 Å². The van der Waals surface area contributed by atoms with E-state index in [0.29, 0.717) is 24.5 Å². The lowest BCUT2D eigenvalue weighted by atomic mass is 9.99. The molecular formula is C16H18N4O4. The van der Waals surface area contributed by atoms with Crippen molar-refractivity contribution < 1.29 is 9.72 Å². The maximum atomic E-state index is 12.5. The molecule has 1 fully saturated rings. The molecule has 0 saturated carbocycles. The van der Waals surface area contributed by atoms with Gasteiger partial charge in [0.1, 0.15) is 6.54 Å². The number of piperidine rings is 1. The molecule has 0 radical (unpaired) electrons. The second kappa shape index (κ2) is 6.38. The molecule has 3 rings (SSSR count). The largest absolute Gasteiger partial charge is 0.341 e. The number of rotatable bonds is 3. The smallest absolute Gasteiger partial charge is 0.270 e. The lowest BCUT2D eigenvalue weighted by Crippen LogP contribution is -2.41. The molecule has 0 unspecified atom stereocenters. The van der Waals surface area contributed by atoms with E-state index >= 15 is 0 Å². The lowest BCUT2D eigenvalue weighted by molar-refractivity contribution is -0.384. The number of hydrogen-bond acceptors (Lipinski definition) is 5. The molecule has 0 atom stereocenters. The number of aromatic nitrogens is 2. The number of hydrogen-bond donors (Lipinski definition) is 0. The number of nitrogens with zero attached hydrogens (tertiary/aromatic N) is 4. The predicted molar refractivity (Wildman–Crippen MR) is 87.6 cm³/mol. The van der Waals surface area contributed by atoms with Gasteiger partial charge in [0.15, 0.2) is 0 Å². The van der Waals surface area contributed by atoms with Gasteiger partial charge in [-0.3, -0.25) is 24.3 Å². The van der Waals surface area contributed by atoms with Gasteiger partial charge in [0, 0.05) is 25.2 Å². The first-order chi connectivity index (χ1) is 11.5. The summed E-state index contributed by atoms with van der Waals surface area (Å²) in [5.41, 5.74) is -0.237. The predicted octanol–water partition coefficient (Wildman–Crippen LogP) is 1.56. The highest BCUT2D eigenvalue weighted by atomic mass is 16.6. The molecule has 2 aromatic rings. The molecule has 1 aromatic carbocycles. The van der Waals surface area contributed by atoms with Crippen LogP contribution in [-0.2, 0) is 11.3 Å². The molecule has 126 valence electrons. The van der Waals surface area contributed by atoms with E-state index in [9.17, 15) is 19.7 Å². The molecule has 2 heterocycles. The zero-order chi connectivity index (χ0) is 17.3. The average Bonchev–Trinajstić information content (AvgIpc) is 2.57. The molecule has 0 N–H and O–H groups in total. The Morgan fingerprint density at radius 1 is 1.38 bits per heavy atom. The molecule has 0 spiro atoms. The average molecular weight is 330 g/mol. The molecule has 0 bridgehead atoms. The van der Waals surface area contributed by atoms with Crippen molar-refractivity contribution in [1.82, 2.24) is 14.5 Å². The number of likely N-dealkylation sites (tertiary alicyclic amines) is 1. The highest BCUT2D eigenvalue weighted by Crippen LogP contribution is 2.17. The fourth-order valence-corrected chi connectivity index (χ4v) is 2.88. The Morgan fingerprint density at radius 2 is 2.08 bits per heavy atom. The van der Waals surface area contributed by atoms with Crippen molar-refractivity contribution in [2.24, 2.45) is 5.92 Å². The number of carbonyl (C=O) groups excluding carboxylic acids is 1. The number of nitro benzene ring substituents is 1. The summed E-state index contributed by atoms with van der Waals surface area (Å²) in [6.07, 6.45) is 3.24. The summed E-state index contributed by atoms with van der Waals surface area (Å²) in [5.74, 6) is 0.482. The molecule has 8 nitrogen and oxygen atoms in total. The van der Waals surface area contributed by atoms with Gasteiger partial charge in [-0.15, -0.1) is 0 Å². The van der Waals surface area contributed by atoms with E-state index in [4.69, 9.17) is 0 Å². The zero-order valence-corrected chi connectivity index (χ0v) is 13.3. The summed E-state index contributed by atoms with van der Waals surface area (Å²) in [6.45, 7) is 3.45. The number of fused-ring (bicyclic) bond motifs is 1. The fraction of sp³-hybridized carbons (Fsp3) is 0.438. The van der Waals surface area contributed by atoms with Crippen LogP contribution in [-0.4, -0.2) is 38.4 Å². The van der Waals surface area contributed by atoms with Crippen molar-refractivity contribution in [3.05, 3.63) is 45.0 Å². The van der Waals surface area contributed by atoms with Gasteiger partial charge in [-0.2, -0.15) is 0 Å². The first-order valence-electron chi connectivity index (χ1n) is 7.87. The molecular weight excluding hydrogens is 312 g/mol. The van der Waals surface area contributed by atoms with Gasteiger partial charge in [0.2, 0.25) is 5.91 Å². The number of nitro groups is 1.